The molecule has 2 aromatic heterocycles. The highest BCUT2D eigenvalue weighted by molar-refractivity contribution is 7.81. The van der Waals surface area contributed by atoms with Gasteiger partial charge in [-0.25, -0.2) is 9.97 Å². The molecule has 1 aromatic carbocycles. The van der Waals surface area contributed by atoms with E-state index in [1.54, 1.807) is 30.6 Å². The van der Waals surface area contributed by atoms with Crippen LogP contribution in [0.1, 0.15) is 5.82 Å². The lowest BCUT2D eigenvalue weighted by Gasteiger charge is -2.06. The first-order valence-electron chi connectivity index (χ1n) is 5.80. The molecule has 0 saturated carbocycles. The molecule has 0 amide bonds. The number of anilines is 1. The average molecular weight is 283 g/mol. The Hall–Kier alpha value is -2.67. The maximum Gasteiger partial charge on any atom is 0.259 e. The summed E-state index contributed by atoms with van der Waals surface area (Å²) in [4.78, 5) is 27.2. The van der Waals surface area contributed by atoms with Gasteiger partial charge in [-0.2, -0.15) is 0 Å². The molecular weight excluding hydrogens is 274 g/mol. The Balaban J connectivity index is 1.98. The number of nitrogens with zero attached hydrogens (tertiary/aromatic N) is 3. The predicted octanol–water partition coefficient (Wildman–Crippen LogP) is 1.50. The van der Waals surface area contributed by atoms with E-state index in [0.717, 1.165) is 0 Å². The molecule has 20 heavy (non-hydrogen) atoms. The molecule has 0 unspecified atom stereocenters. The molecule has 0 spiro atoms. The second-order valence-electron chi connectivity index (χ2n) is 3.98. The molecule has 3 rings (SSSR count). The number of hydrogen-bond donors (Lipinski definition) is 2. The van der Waals surface area contributed by atoms with E-state index in [1.165, 1.54) is 6.20 Å². The van der Waals surface area contributed by atoms with E-state index < -0.39 is 0 Å². The molecule has 0 bridgehead atoms. The minimum Gasteiger partial charge on any atom is -0.327 e. The largest absolute Gasteiger partial charge is 0.327 e. The number of aromatic amines is 1. The Morgan fingerprint density at radius 1 is 1.25 bits per heavy atom. The third-order valence-corrected chi connectivity index (χ3v) is 2.93. The van der Waals surface area contributed by atoms with Crippen molar-refractivity contribution in [2.24, 2.45) is 0 Å². The van der Waals surface area contributed by atoms with E-state index in [0.29, 0.717) is 22.5 Å². The van der Waals surface area contributed by atoms with Gasteiger partial charge in [-0.15, -0.1) is 0 Å². The predicted molar refractivity (Wildman–Crippen MR) is 79.7 cm³/mol. The van der Waals surface area contributed by atoms with Gasteiger partial charge >= 0.3 is 0 Å². The molecule has 2 N–H and O–H groups in total. The molecule has 6 nitrogen and oxygen atoms in total. The minimum atomic E-state index is -0.228. The lowest BCUT2D eigenvalue weighted by Crippen LogP contribution is -2.20. The molecule has 0 fully saturated rings. The molecule has 0 aliphatic rings. The molecule has 0 aliphatic heterocycles. The molecule has 0 radical (unpaired) electrons. The number of H-pyrrole nitrogens is 1. The Bertz CT molecular complexity index is 831. The van der Waals surface area contributed by atoms with Gasteiger partial charge in [0, 0.05) is 12.4 Å². The fourth-order valence-electron chi connectivity index (χ4n) is 1.73. The van der Waals surface area contributed by atoms with Crippen LogP contribution in [-0.2, 0) is 0 Å². The molecule has 0 aliphatic carbocycles. The van der Waals surface area contributed by atoms with Crippen molar-refractivity contribution < 1.29 is 0 Å². The number of thiocarbonyl (C=S) groups is 1. The van der Waals surface area contributed by atoms with Gasteiger partial charge in [-0.1, -0.05) is 24.4 Å². The van der Waals surface area contributed by atoms with Gasteiger partial charge in [0.1, 0.15) is 10.8 Å². The van der Waals surface area contributed by atoms with Crippen LogP contribution in [0, 0.1) is 0 Å². The van der Waals surface area contributed by atoms with Crippen LogP contribution in [0.2, 0.25) is 0 Å². The number of fused-ring (bicyclic) bond motifs is 1. The smallest absolute Gasteiger partial charge is 0.259 e. The van der Waals surface area contributed by atoms with Gasteiger partial charge in [0.15, 0.2) is 5.82 Å². The Morgan fingerprint density at radius 3 is 2.90 bits per heavy atom. The summed E-state index contributed by atoms with van der Waals surface area (Å²) in [7, 11) is 0. The molecular formula is C13H9N5OS. The second-order valence-corrected chi connectivity index (χ2v) is 4.38. The van der Waals surface area contributed by atoms with Crippen molar-refractivity contribution >= 4 is 33.9 Å². The van der Waals surface area contributed by atoms with Crippen LogP contribution in [0.25, 0.3) is 10.9 Å². The van der Waals surface area contributed by atoms with Gasteiger partial charge in [-0.05, 0) is 12.1 Å². The second kappa shape index (κ2) is 5.14. The van der Waals surface area contributed by atoms with Crippen LogP contribution in [-0.4, -0.2) is 24.9 Å². The summed E-state index contributed by atoms with van der Waals surface area (Å²) < 4.78 is 0. The molecule has 98 valence electrons. The van der Waals surface area contributed by atoms with E-state index in [4.69, 9.17) is 12.2 Å². The standard InChI is InChI=1S/C13H9N5OS/c19-12-8-3-1-2-4-9(8)16-11(18-12)13(20)17-10-7-14-5-6-15-10/h1-7H,(H,15,17,20)(H,16,18,19). The van der Waals surface area contributed by atoms with Crippen LogP contribution in [0.15, 0.2) is 47.7 Å². The zero-order chi connectivity index (χ0) is 13.9. The number of benzene rings is 1. The van der Waals surface area contributed by atoms with Crippen LogP contribution in [0.3, 0.4) is 0 Å². The number of aromatic nitrogens is 4. The van der Waals surface area contributed by atoms with Gasteiger partial charge in [0.05, 0.1) is 17.1 Å². The topological polar surface area (TPSA) is 83.6 Å². The number of rotatable bonds is 2. The highest BCUT2D eigenvalue weighted by atomic mass is 32.1. The molecule has 2 heterocycles. The summed E-state index contributed by atoms with van der Waals surface area (Å²) in [6.07, 6.45) is 4.64. The van der Waals surface area contributed by atoms with E-state index in [-0.39, 0.29) is 10.5 Å². The third kappa shape index (κ3) is 2.39. The molecule has 0 atom stereocenters. The molecule has 7 heteroatoms. The van der Waals surface area contributed by atoms with Crippen LogP contribution >= 0.6 is 12.2 Å². The fraction of sp³-hybridized carbons (Fsp3) is 0. The maximum absolute atomic E-state index is 11.9. The van der Waals surface area contributed by atoms with Crippen molar-refractivity contribution in [3.8, 4) is 0 Å². The van der Waals surface area contributed by atoms with Gasteiger partial charge in [-0.3, -0.25) is 9.78 Å². The normalized spacial score (nSPS) is 10.4. The van der Waals surface area contributed by atoms with E-state index in [9.17, 15) is 4.79 Å². The van der Waals surface area contributed by atoms with Crippen molar-refractivity contribution in [1.82, 2.24) is 19.9 Å². The maximum atomic E-state index is 11.9. The Labute approximate surface area is 118 Å². The zero-order valence-electron chi connectivity index (χ0n) is 10.2. The summed E-state index contributed by atoms with van der Waals surface area (Å²) >= 11 is 5.21. The SMILES string of the molecule is O=c1[nH]c(C(=S)Nc2cnccn2)nc2ccccc12. The van der Waals surface area contributed by atoms with Crippen LogP contribution < -0.4 is 10.9 Å². The lowest BCUT2D eigenvalue weighted by molar-refractivity contribution is 1.14. The summed E-state index contributed by atoms with van der Waals surface area (Å²) in [5, 5.41) is 3.40. The van der Waals surface area contributed by atoms with Crippen molar-refractivity contribution in [3.05, 3.63) is 59.0 Å². The van der Waals surface area contributed by atoms with E-state index in [1.807, 2.05) is 6.07 Å². The van der Waals surface area contributed by atoms with Gasteiger partial charge < -0.3 is 10.3 Å². The van der Waals surface area contributed by atoms with Gasteiger partial charge in [0.25, 0.3) is 5.56 Å². The molecule has 0 saturated heterocycles. The highest BCUT2D eigenvalue weighted by Crippen LogP contribution is 2.07. The summed E-state index contributed by atoms with van der Waals surface area (Å²) in [5.74, 6) is 0.794. The quantitative estimate of drug-likeness (QED) is 0.693. The fourth-order valence-corrected chi connectivity index (χ4v) is 1.93. The van der Waals surface area contributed by atoms with E-state index in [2.05, 4.69) is 25.3 Å². The Kier molecular flexibility index (Phi) is 3.18. The average Bonchev–Trinajstić information content (AvgIpc) is 2.48. The highest BCUT2D eigenvalue weighted by Gasteiger charge is 2.08. The van der Waals surface area contributed by atoms with Crippen molar-refractivity contribution in [3.63, 3.8) is 0 Å². The van der Waals surface area contributed by atoms with Crippen molar-refractivity contribution in [2.75, 3.05) is 5.32 Å². The number of para-hydroxylation sites is 1. The van der Waals surface area contributed by atoms with Gasteiger partial charge in [0.2, 0.25) is 0 Å². The zero-order valence-corrected chi connectivity index (χ0v) is 11.0. The summed E-state index contributed by atoms with van der Waals surface area (Å²) in [5.41, 5.74) is 0.364. The summed E-state index contributed by atoms with van der Waals surface area (Å²) in [6, 6.07) is 7.08. The monoisotopic (exact) mass is 283 g/mol. The number of hydrogen-bond acceptors (Lipinski definition) is 5. The first kappa shape index (κ1) is 12.4. The van der Waals surface area contributed by atoms with E-state index >= 15 is 0 Å². The molecule has 3 aromatic rings. The summed E-state index contributed by atoms with van der Waals surface area (Å²) in [6.45, 7) is 0. The number of nitrogens with one attached hydrogen (secondary N) is 2. The Morgan fingerprint density at radius 2 is 2.10 bits per heavy atom. The minimum absolute atomic E-state index is 0.228. The lowest BCUT2D eigenvalue weighted by atomic mass is 10.2. The van der Waals surface area contributed by atoms with Crippen LogP contribution in [0.4, 0.5) is 5.82 Å². The first-order chi connectivity index (χ1) is 9.74. The van der Waals surface area contributed by atoms with Crippen molar-refractivity contribution in [2.45, 2.75) is 0 Å². The van der Waals surface area contributed by atoms with Crippen molar-refractivity contribution in [1.29, 1.82) is 0 Å². The van der Waals surface area contributed by atoms with Crippen LogP contribution in [0.5, 0.6) is 0 Å². The third-order valence-electron chi connectivity index (χ3n) is 2.63. The first-order valence-corrected chi connectivity index (χ1v) is 6.21.